The van der Waals surface area contributed by atoms with E-state index in [2.05, 4.69) is 19.2 Å². The quantitative estimate of drug-likeness (QED) is 0.850. The van der Waals surface area contributed by atoms with Gasteiger partial charge in [0, 0.05) is 30.9 Å². The molecule has 2 heterocycles. The van der Waals surface area contributed by atoms with Gasteiger partial charge in [-0.3, -0.25) is 0 Å². The maximum atomic E-state index is 12.1. The minimum absolute atomic E-state index is 0.176. The number of hydrogen-bond acceptors (Lipinski definition) is 4. The van der Waals surface area contributed by atoms with Crippen LogP contribution in [0.25, 0.3) is 0 Å². The second-order valence-corrected chi connectivity index (χ2v) is 9.19. The number of thioether (sulfide) groups is 1. The maximum absolute atomic E-state index is 12.1. The van der Waals surface area contributed by atoms with Crippen molar-refractivity contribution in [2.24, 2.45) is 5.41 Å². The van der Waals surface area contributed by atoms with Gasteiger partial charge in [-0.15, -0.1) is 0 Å². The lowest BCUT2D eigenvalue weighted by Gasteiger charge is -2.36. The Morgan fingerprint density at radius 3 is 2.67 bits per heavy atom. The fourth-order valence-corrected chi connectivity index (χ4v) is 4.38. The van der Waals surface area contributed by atoms with Crippen LogP contribution in [0.15, 0.2) is 0 Å². The van der Waals surface area contributed by atoms with Gasteiger partial charge in [0.2, 0.25) is 0 Å². The van der Waals surface area contributed by atoms with Crippen LogP contribution in [0.3, 0.4) is 0 Å². The average Bonchev–Trinajstić information content (AvgIpc) is 2.73. The molecule has 0 aromatic rings. The Hall–Kier alpha value is -0.420. The van der Waals surface area contributed by atoms with Crippen molar-refractivity contribution >= 4 is 17.9 Å². The first-order chi connectivity index (χ1) is 9.65. The van der Waals surface area contributed by atoms with E-state index in [1.165, 1.54) is 17.9 Å². The van der Waals surface area contributed by atoms with Gasteiger partial charge in [-0.25, -0.2) is 4.79 Å². The highest BCUT2D eigenvalue weighted by Crippen LogP contribution is 2.33. The van der Waals surface area contributed by atoms with E-state index in [1.807, 2.05) is 37.4 Å². The molecule has 2 aliphatic rings. The summed E-state index contributed by atoms with van der Waals surface area (Å²) in [6.07, 6.45) is 2.08. The Balaban J connectivity index is 1.79. The van der Waals surface area contributed by atoms with Crippen LogP contribution in [-0.4, -0.2) is 53.3 Å². The van der Waals surface area contributed by atoms with E-state index in [0.717, 1.165) is 19.5 Å². The van der Waals surface area contributed by atoms with Crippen LogP contribution in [0.4, 0.5) is 4.79 Å². The summed E-state index contributed by atoms with van der Waals surface area (Å²) < 4.78 is 5.45. The topological polar surface area (TPSA) is 41.6 Å². The number of amides is 1. The number of carbonyl (C=O) groups is 1. The average molecular weight is 314 g/mol. The fourth-order valence-electron chi connectivity index (χ4n) is 3.09. The molecule has 0 aromatic heterocycles. The molecule has 2 unspecified atom stereocenters. The van der Waals surface area contributed by atoms with Gasteiger partial charge in [-0.2, -0.15) is 11.8 Å². The van der Waals surface area contributed by atoms with Crippen LogP contribution in [-0.2, 0) is 4.74 Å². The SMILES string of the molecule is CC1(C)CSCC(NC2CCN(C(=O)OC(C)(C)C)C2)C1. The predicted octanol–water partition coefficient (Wildman–Crippen LogP) is 3.12. The fraction of sp³-hybridized carbons (Fsp3) is 0.938. The van der Waals surface area contributed by atoms with Crippen molar-refractivity contribution in [3.63, 3.8) is 0 Å². The molecule has 21 heavy (non-hydrogen) atoms. The Morgan fingerprint density at radius 1 is 1.33 bits per heavy atom. The van der Waals surface area contributed by atoms with Gasteiger partial charge in [0.05, 0.1) is 0 Å². The molecule has 0 spiro atoms. The first-order valence-electron chi connectivity index (χ1n) is 7.96. The van der Waals surface area contributed by atoms with Crippen molar-refractivity contribution in [1.82, 2.24) is 10.2 Å². The minimum atomic E-state index is -0.410. The first-order valence-corrected chi connectivity index (χ1v) is 9.12. The molecule has 1 N–H and O–H groups in total. The highest BCUT2D eigenvalue weighted by Gasteiger charge is 2.33. The molecule has 0 bridgehead atoms. The maximum Gasteiger partial charge on any atom is 0.410 e. The summed E-state index contributed by atoms with van der Waals surface area (Å²) in [4.78, 5) is 13.9. The van der Waals surface area contributed by atoms with Crippen LogP contribution in [0.1, 0.15) is 47.5 Å². The molecule has 2 rings (SSSR count). The summed E-state index contributed by atoms with van der Waals surface area (Å²) in [6, 6.07) is 0.986. The third kappa shape index (κ3) is 5.37. The third-order valence-corrected chi connectivity index (χ3v) is 5.55. The van der Waals surface area contributed by atoms with Crippen LogP contribution in [0.2, 0.25) is 0 Å². The van der Waals surface area contributed by atoms with Crippen LogP contribution >= 0.6 is 11.8 Å². The van der Waals surface area contributed by atoms with E-state index in [4.69, 9.17) is 4.74 Å². The summed E-state index contributed by atoms with van der Waals surface area (Å²) in [5.41, 5.74) is 0.0106. The number of nitrogens with one attached hydrogen (secondary N) is 1. The zero-order valence-electron chi connectivity index (χ0n) is 14.1. The lowest BCUT2D eigenvalue weighted by Crippen LogP contribution is -2.46. The molecule has 122 valence electrons. The van der Waals surface area contributed by atoms with Crippen molar-refractivity contribution in [3.05, 3.63) is 0 Å². The van der Waals surface area contributed by atoms with Crippen molar-refractivity contribution in [3.8, 4) is 0 Å². The summed E-state index contributed by atoms with van der Waals surface area (Å²) in [7, 11) is 0. The molecule has 2 atom stereocenters. The number of hydrogen-bond donors (Lipinski definition) is 1. The number of likely N-dealkylation sites (tertiary alicyclic amines) is 1. The smallest absolute Gasteiger partial charge is 0.410 e. The van der Waals surface area contributed by atoms with Crippen LogP contribution in [0.5, 0.6) is 0 Å². The Morgan fingerprint density at radius 2 is 2.05 bits per heavy atom. The highest BCUT2D eigenvalue weighted by atomic mass is 32.2. The zero-order valence-corrected chi connectivity index (χ0v) is 14.9. The lowest BCUT2D eigenvalue weighted by atomic mass is 9.87. The first kappa shape index (κ1) is 16.9. The van der Waals surface area contributed by atoms with Crippen molar-refractivity contribution in [2.45, 2.75) is 65.1 Å². The molecule has 2 fully saturated rings. The van der Waals surface area contributed by atoms with E-state index < -0.39 is 5.60 Å². The van der Waals surface area contributed by atoms with E-state index >= 15 is 0 Å². The largest absolute Gasteiger partial charge is 0.444 e. The standard InChI is InChI=1S/C16H30N2O2S/c1-15(2,3)20-14(19)18-7-6-12(9-18)17-13-8-16(4,5)11-21-10-13/h12-13,17H,6-11H2,1-5H3. The monoisotopic (exact) mass is 314 g/mol. The van der Waals surface area contributed by atoms with Gasteiger partial charge in [-0.05, 0) is 44.8 Å². The summed E-state index contributed by atoms with van der Waals surface area (Å²) in [6.45, 7) is 12.0. The third-order valence-electron chi connectivity index (χ3n) is 3.92. The van der Waals surface area contributed by atoms with Crippen molar-refractivity contribution in [2.75, 3.05) is 24.6 Å². The summed E-state index contributed by atoms with van der Waals surface area (Å²) >= 11 is 2.04. The molecular formula is C16H30N2O2S. The second kappa shape index (κ2) is 6.37. The van der Waals surface area contributed by atoms with Gasteiger partial charge in [-0.1, -0.05) is 13.8 Å². The van der Waals surface area contributed by atoms with E-state index in [0.29, 0.717) is 17.5 Å². The molecule has 0 radical (unpaired) electrons. The van der Waals surface area contributed by atoms with Crippen LogP contribution in [0, 0.1) is 5.41 Å². The number of carbonyl (C=O) groups excluding carboxylic acids is 1. The van der Waals surface area contributed by atoms with Gasteiger partial charge >= 0.3 is 6.09 Å². The predicted molar refractivity (Wildman–Crippen MR) is 88.9 cm³/mol. The van der Waals surface area contributed by atoms with E-state index in [1.54, 1.807) is 0 Å². The molecule has 2 saturated heterocycles. The molecule has 0 aliphatic carbocycles. The van der Waals surface area contributed by atoms with E-state index in [-0.39, 0.29) is 6.09 Å². The zero-order chi connectivity index (χ0) is 15.7. The molecule has 5 heteroatoms. The van der Waals surface area contributed by atoms with Crippen molar-refractivity contribution in [1.29, 1.82) is 0 Å². The van der Waals surface area contributed by atoms with Gasteiger partial charge in [0.15, 0.2) is 0 Å². The number of nitrogens with zero attached hydrogens (tertiary/aromatic N) is 1. The van der Waals surface area contributed by atoms with E-state index in [9.17, 15) is 4.79 Å². The molecule has 0 aromatic carbocycles. The number of ether oxygens (including phenoxy) is 1. The van der Waals surface area contributed by atoms with Crippen LogP contribution < -0.4 is 5.32 Å². The normalized spacial score (nSPS) is 29.5. The Kier molecular flexibility index (Phi) is 5.14. The summed E-state index contributed by atoms with van der Waals surface area (Å²) in [5.74, 6) is 2.44. The molecule has 2 aliphatic heterocycles. The lowest BCUT2D eigenvalue weighted by molar-refractivity contribution is 0.0290. The number of rotatable bonds is 2. The highest BCUT2D eigenvalue weighted by molar-refractivity contribution is 7.99. The molecule has 1 amide bonds. The van der Waals surface area contributed by atoms with Crippen molar-refractivity contribution < 1.29 is 9.53 Å². The van der Waals surface area contributed by atoms with Gasteiger partial charge in [0.1, 0.15) is 5.60 Å². The molecule has 0 saturated carbocycles. The Bertz CT molecular complexity index is 379. The second-order valence-electron chi connectivity index (χ2n) is 8.16. The van der Waals surface area contributed by atoms with Gasteiger partial charge in [0.25, 0.3) is 0 Å². The summed E-state index contributed by atoms with van der Waals surface area (Å²) in [5, 5.41) is 3.75. The Labute approximate surface area is 133 Å². The molecule has 4 nitrogen and oxygen atoms in total. The minimum Gasteiger partial charge on any atom is -0.444 e. The van der Waals surface area contributed by atoms with Gasteiger partial charge < -0.3 is 15.0 Å². The molecular weight excluding hydrogens is 284 g/mol.